The lowest BCUT2D eigenvalue weighted by atomic mass is 10.4. The van der Waals surface area contributed by atoms with Crippen LogP contribution in [-0.4, -0.2) is 36.3 Å². The number of ether oxygens (including phenoxy) is 1. The van der Waals surface area contributed by atoms with Crippen LogP contribution in [0, 0.1) is 5.95 Å². The Morgan fingerprint density at radius 3 is 2.75 bits per heavy atom. The van der Waals surface area contributed by atoms with Gasteiger partial charge in [-0.1, -0.05) is 22.0 Å². The summed E-state index contributed by atoms with van der Waals surface area (Å²) in [6.07, 6.45) is 0.527. The molecule has 1 aromatic carbocycles. The molecule has 0 aliphatic heterocycles. The highest BCUT2D eigenvalue weighted by Crippen LogP contribution is 2.27. The standard InChI is InChI=1S/C17H14BrFN4O4S/c1-20-17(24)27-10-12-9-15(23(22-12)14-6-3-7-21-16(14)19)28(25,26)13-5-2-4-11(18)8-13/h2-9H,10H2,1H3,(H,20,24). The Bertz CT molecular complexity index is 1130. The number of halogens is 2. The molecule has 0 unspecified atom stereocenters. The van der Waals surface area contributed by atoms with Crippen molar-refractivity contribution >= 4 is 31.9 Å². The average molecular weight is 469 g/mol. The Hall–Kier alpha value is -2.79. The van der Waals surface area contributed by atoms with E-state index in [1.54, 1.807) is 12.1 Å². The normalized spacial score (nSPS) is 11.2. The van der Waals surface area contributed by atoms with Crippen LogP contribution in [0.25, 0.3) is 5.69 Å². The monoisotopic (exact) mass is 468 g/mol. The molecule has 11 heteroatoms. The van der Waals surface area contributed by atoms with Gasteiger partial charge in [0.05, 0.1) is 4.90 Å². The predicted molar refractivity (Wildman–Crippen MR) is 100 cm³/mol. The van der Waals surface area contributed by atoms with Crippen LogP contribution in [0.3, 0.4) is 0 Å². The third kappa shape index (κ3) is 4.04. The van der Waals surface area contributed by atoms with E-state index in [1.807, 2.05) is 0 Å². The first-order chi connectivity index (χ1) is 13.3. The number of carbonyl (C=O) groups excluding carboxylic acids is 1. The van der Waals surface area contributed by atoms with Gasteiger partial charge in [-0.15, -0.1) is 0 Å². The maximum absolute atomic E-state index is 14.2. The minimum Gasteiger partial charge on any atom is -0.443 e. The molecular formula is C17H14BrFN4O4S. The molecule has 3 aromatic rings. The molecule has 8 nitrogen and oxygen atoms in total. The maximum atomic E-state index is 14.2. The quantitative estimate of drug-likeness (QED) is 0.577. The van der Waals surface area contributed by atoms with Crippen LogP contribution < -0.4 is 5.32 Å². The van der Waals surface area contributed by atoms with Gasteiger partial charge in [-0.05, 0) is 30.3 Å². The van der Waals surface area contributed by atoms with Gasteiger partial charge in [-0.25, -0.2) is 22.9 Å². The van der Waals surface area contributed by atoms with Gasteiger partial charge in [-0.2, -0.15) is 9.49 Å². The van der Waals surface area contributed by atoms with E-state index in [0.29, 0.717) is 4.47 Å². The van der Waals surface area contributed by atoms with Crippen LogP contribution in [0.2, 0.25) is 0 Å². The van der Waals surface area contributed by atoms with Gasteiger partial charge >= 0.3 is 6.09 Å². The van der Waals surface area contributed by atoms with E-state index in [-0.39, 0.29) is 27.9 Å². The van der Waals surface area contributed by atoms with Crippen molar-refractivity contribution in [3.63, 3.8) is 0 Å². The van der Waals surface area contributed by atoms with Crippen LogP contribution >= 0.6 is 15.9 Å². The molecule has 0 saturated carbocycles. The highest BCUT2D eigenvalue weighted by atomic mass is 79.9. The molecule has 0 radical (unpaired) electrons. The van der Waals surface area contributed by atoms with Crippen molar-refractivity contribution < 1.29 is 22.3 Å². The number of pyridine rings is 1. The summed E-state index contributed by atoms with van der Waals surface area (Å²) in [7, 11) is -2.68. The minimum atomic E-state index is -4.06. The Morgan fingerprint density at radius 1 is 1.29 bits per heavy atom. The molecule has 0 saturated heterocycles. The Kier molecular flexibility index (Phi) is 5.75. The zero-order valence-corrected chi connectivity index (χ0v) is 16.9. The predicted octanol–water partition coefficient (Wildman–Crippen LogP) is 2.86. The van der Waals surface area contributed by atoms with E-state index < -0.39 is 21.9 Å². The first-order valence-corrected chi connectivity index (χ1v) is 10.2. The second-order valence-electron chi connectivity index (χ2n) is 5.49. The fraction of sp³-hybridized carbons (Fsp3) is 0.118. The fourth-order valence-corrected chi connectivity index (χ4v) is 4.34. The number of aromatic nitrogens is 3. The summed E-state index contributed by atoms with van der Waals surface area (Å²) in [4.78, 5) is 14.8. The second kappa shape index (κ2) is 8.07. The molecule has 0 spiro atoms. The lowest BCUT2D eigenvalue weighted by molar-refractivity contribution is 0.140. The number of alkyl carbamates (subject to hydrolysis) is 1. The molecule has 0 atom stereocenters. The highest BCUT2D eigenvalue weighted by molar-refractivity contribution is 9.10. The van der Waals surface area contributed by atoms with Crippen molar-refractivity contribution in [3.8, 4) is 5.69 Å². The van der Waals surface area contributed by atoms with Gasteiger partial charge < -0.3 is 10.1 Å². The van der Waals surface area contributed by atoms with Crippen LogP contribution in [0.4, 0.5) is 9.18 Å². The Balaban J connectivity index is 2.14. The van der Waals surface area contributed by atoms with E-state index in [9.17, 15) is 17.6 Å². The molecule has 2 aromatic heterocycles. The van der Waals surface area contributed by atoms with Gasteiger partial charge in [0.25, 0.3) is 0 Å². The molecule has 1 N–H and O–H groups in total. The first-order valence-electron chi connectivity index (χ1n) is 7.88. The topological polar surface area (TPSA) is 103 Å². The van der Waals surface area contributed by atoms with Crippen molar-refractivity contribution in [2.24, 2.45) is 0 Å². The van der Waals surface area contributed by atoms with Crippen molar-refractivity contribution in [3.05, 3.63) is 64.8 Å². The number of hydrogen-bond donors (Lipinski definition) is 1. The van der Waals surface area contributed by atoms with Gasteiger partial charge in [0.15, 0.2) is 5.03 Å². The third-order valence-electron chi connectivity index (χ3n) is 3.63. The minimum absolute atomic E-state index is 0.00825. The Morgan fingerprint density at radius 2 is 2.07 bits per heavy atom. The van der Waals surface area contributed by atoms with Crippen LogP contribution in [0.15, 0.2) is 63.1 Å². The van der Waals surface area contributed by atoms with Crippen LogP contribution in [-0.2, 0) is 21.2 Å². The van der Waals surface area contributed by atoms with E-state index in [1.165, 1.54) is 43.6 Å². The lowest BCUT2D eigenvalue weighted by Gasteiger charge is -2.09. The summed E-state index contributed by atoms with van der Waals surface area (Å²) in [6.45, 7) is -0.296. The number of hydrogen-bond acceptors (Lipinski definition) is 6. The SMILES string of the molecule is CNC(=O)OCc1cc(S(=O)(=O)c2cccc(Br)c2)n(-c2cccnc2F)n1. The number of amides is 1. The summed E-state index contributed by atoms with van der Waals surface area (Å²) < 4.78 is 46.9. The van der Waals surface area contributed by atoms with Crippen LogP contribution in [0.5, 0.6) is 0 Å². The summed E-state index contributed by atoms with van der Waals surface area (Å²) in [5.74, 6) is -0.893. The van der Waals surface area contributed by atoms with Crippen molar-refractivity contribution in [2.45, 2.75) is 16.5 Å². The lowest BCUT2D eigenvalue weighted by Crippen LogP contribution is -2.19. The molecule has 2 heterocycles. The number of sulfone groups is 1. The molecule has 146 valence electrons. The fourth-order valence-electron chi connectivity index (χ4n) is 2.35. The van der Waals surface area contributed by atoms with E-state index in [4.69, 9.17) is 4.74 Å². The number of nitrogens with one attached hydrogen (secondary N) is 1. The number of carbonyl (C=O) groups is 1. The Labute approximate surface area is 168 Å². The molecular weight excluding hydrogens is 455 g/mol. The van der Waals surface area contributed by atoms with Gasteiger partial charge in [0, 0.05) is 23.8 Å². The molecule has 28 heavy (non-hydrogen) atoms. The molecule has 0 bridgehead atoms. The van der Waals surface area contributed by atoms with Crippen molar-refractivity contribution in [1.29, 1.82) is 0 Å². The van der Waals surface area contributed by atoms with Gasteiger partial charge in [0.2, 0.25) is 15.8 Å². The third-order valence-corrected chi connectivity index (χ3v) is 5.84. The smallest absolute Gasteiger partial charge is 0.407 e. The summed E-state index contributed by atoms with van der Waals surface area (Å²) in [5, 5.41) is 6.09. The maximum Gasteiger partial charge on any atom is 0.407 e. The van der Waals surface area contributed by atoms with Crippen molar-refractivity contribution in [2.75, 3.05) is 7.05 Å². The van der Waals surface area contributed by atoms with Crippen molar-refractivity contribution in [1.82, 2.24) is 20.1 Å². The number of rotatable bonds is 5. The first kappa shape index (κ1) is 20.0. The zero-order chi connectivity index (χ0) is 20.3. The zero-order valence-electron chi connectivity index (χ0n) is 14.5. The largest absolute Gasteiger partial charge is 0.443 e. The summed E-state index contributed by atoms with van der Waals surface area (Å²) in [6, 6.07) is 10.1. The average Bonchev–Trinajstić information content (AvgIpc) is 3.11. The van der Waals surface area contributed by atoms with E-state index in [0.717, 1.165) is 4.68 Å². The second-order valence-corrected chi connectivity index (χ2v) is 8.30. The summed E-state index contributed by atoms with van der Waals surface area (Å²) >= 11 is 3.23. The van der Waals surface area contributed by atoms with Gasteiger partial charge in [-0.3, -0.25) is 0 Å². The number of benzene rings is 1. The number of nitrogens with zero attached hydrogens (tertiary/aromatic N) is 3. The summed E-state index contributed by atoms with van der Waals surface area (Å²) in [5.41, 5.74) is -0.0253. The van der Waals surface area contributed by atoms with Crippen LogP contribution in [0.1, 0.15) is 5.69 Å². The van der Waals surface area contributed by atoms with E-state index >= 15 is 0 Å². The van der Waals surface area contributed by atoms with Gasteiger partial charge in [0.1, 0.15) is 18.0 Å². The molecule has 0 fully saturated rings. The highest BCUT2D eigenvalue weighted by Gasteiger charge is 2.27. The molecule has 0 aliphatic carbocycles. The molecule has 3 rings (SSSR count). The molecule has 1 amide bonds. The van der Waals surface area contributed by atoms with E-state index in [2.05, 4.69) is 31.3 Å². The molecule has 0 aliphatic rings.